The van der Waals surface area contributed by atoms with Crippen molar-refractivity contribution < 1.29 is 28.5 Å². The fraction of sp³-hybridized carbons (Fsp3) is 0.923. The predicted octanol–water partition coefficient (Wildman–Crippen LogP) is 0.869. The summed E-state index contributed by atoms with van der Waals surface area (Å²) in [7, 11) is 4.77. The fourth-order valence-electron chi connectivity index (χ4n) is 2.27. The lowest BCUT2D eigenvalue weighted by Gasteiger charge is -2.44. The summed E-state index contributed by atoms with van der Waals surface area (Å²) in [6.07, 6.45) is -0.198. The molecule has 7 nitrogen and oxygen atoms in total. The van der Waals surface area contributed by atoms with Crippen molar-refractivity contribution in [1.29, 1.82) is 0 Å². The van der Waals surface area contributed by atoms with Gasteiger partial charge in [0.25, 0.3) is 0 Å². The number of carbonyl (C=O) groups excluding carboxylic acids is 1. The zero-order valence-corrected chi connectivity index (χ0v) is 12.7. The van der Waals surface area contributed by atoms with Gasteiger partial charge in [-0.3, -0.25) is 0 Å². The Labute approximate surface area is 120 Å². The third-order valence-electron chi connectivity index (χ3n) is 3.43. The van der Waals surface area contributed by atoms with E-state index in [1.807, 2.05) is 0 Å². The summed E-state index contributed by atoms with van der Waals surface area (Å²) in [5, 5.41) is 0. The minimum Gasteiger partial charge on any atom is -0.450 e. The van der Waals surface area contributed by atoms with Crippen LogP contribution in [-0.2, 0) is 23.7 Å². The maximum Gasteiger partial charge on any atom is 0.409 e. The first-order valence-electron chi connectivity index (χ1n) is 6.76. The number of piperidine rings is 1. The molecule has 0 aromatic carbocycles. The van der Waals surface area contributed by atoms with Gasteiger partial charge in [0.05, 0.1) is 26.4 Å². The molecule has 0 N–H and O–H groups in total. The van der Waals surface area contributed by atoms with Gasteiger partial charge in [0.1, 0.15) is 6.10 Å². The lowest BCUT2D eigenvalue weighted by atomic mass is 10.00. The Kier molecular flexibility index (Phi) is 7.22. The number of carbonyl (C=O) groups is 1. The molecule has 1 aliphatic heterocycles. The summed E-state index contributed by atoms with van der Waals surface area (Å²) in [6.45, 7) is 3.88. The first-order chi connectivity index (χ1) is 9.63. The topological polar surface area (TPSA) is 66.5 Å². The molecule has 0 bridgehead atoms. The minimum absolute atomic E-state index is 0.339. The van der Waals surface area contributed by atoms with E-state index < -0.39 is 5.79 Å². The largest absolute Gasteiger partial charge is 0.450 e. The zero-order chi connectivity index (χ0) is 15.0. The second-order valence-electron chi connectivity index (χ2n) is 4.47. The molecule has 0 aromatic rings. The number of likely N-dealkylation sites (tertiary alicyclic amines) is 1. The predicted molar refractivity (Wildman–Crippen MR) is 71.6 cm³/mol. The molecule has 118 valence electrons. The maximum absolute atomic E-state index is 11.8. The molecule has 0 aromatic heterocycles. The van der Waals surface area contributed by atoms with Crippen LogP contribution in [0.25, 0.3) is 0 Å². The summed E-state index contributed by atoms with van der Waals surface area (Å²) in [6, 6.07) is 0. The van der Waals surface area contributed by atoms with Crippen LogP contribution in [0.5, 0.6) is 0 Å². The second kappa shape index (κ2) is 8.41. The third kappa shape index (κ3) is 4.05. The molecular weight excluding hydrogens is 266 g/mol. The van der Waals surface area contributed by atoms with Crippen LogP contribution in [0.1, 0.15) is 13.3 Å². The van der Waals surface area contributed by atoms with Crippen molar-refractivity contribution in [3.63, 3.8) is 0 Å². The van der Waals surface area contributed by atoms with E-state index in [4.69, 9.17) is 23.7 Å². The molecule has 1 atom stereocenters. The van der Waals surface area contributed by atoms with Crippen LogP contribution in [0, 0.1) is 0 Å². The summed E-state index contributed by atoms with van der Waals surface area (Å²) in [5.74, 6) is -0.837. The van der Waals surface area contributed by atoms with Gasteiger partial charge in [0.15, 0.2) is 5.79 Å². The summed E-state index contributed by atoms with van der Waals surface area (Å²) in [4.78, 5) is 13.4. The van der Waals surface area contributed by atoms with Crippen LogP contribution < -0.4 is 0 Å². The van der Waals surface area contributed by atoms with E-state index in [2.05, 4.69) is 0 Å². The van der Waals surface area contributed by atoms with E-state index in [1.54, 1.807) is 33.2 Å². The summed E-state index contributed by atoms with van der Waals surface area (Å²) < 4.78 is 26.7. The van der Waals surface area contributed by atoms with Crippen LogP contribution in [0.2, 0.25) is 0 Å². The Balaban J connectivity index is 2.69. The van der Waals surface area contributed by atoms with Crippen LogP contribution in [0.15, 0.2) is 0 Å². The average molecular weight is 291 g/mol. The molecular formula is C13H25NO6. The lowest BCUT2D eigenvalue weighted by molar-refractivity contribution is -0.287. The normalized spacial score (nSPS) is 21.8. The quantitative estimate of drug-likeness (QED) is 0.512. The Morgan fingerprint density at radius 2 is 1.95 bits per heavy atom. The molecule has 0 aliphatic carbocycles. The van der Waals surface area contributed by atoms with Crippen molar-refractivity contribution in [3.8, 4) is 0 Å². The van der Waals surface area contributed by atoms with Gasteiger partial charge in [0, 0.05) is 34.3 Å². The maximum atomic E-state index is 11.8. The van der Waals surface area contributed by atoms with Crippen LogP contribution in [0.4, 0.5) is 4.79 Å². The number of nitrogens with zero attached hydrogens (tertiary/aromatic N) is 1. The van der Waals surface area contributed by atoms with E-state index in [0.717, 1.165) is 0 Å². The van der Waals surface area contributed by atoms with Gasteiger partial charge >= 0.3 is 6.09 Å². The summed E-state index contributed by atoms with van der Waals surface area (Å²) >= 11 is 0. The van der Waals surface area contributed by atoms with Crippen molar-refractivity contribution >= 4 is 6.09 Å². The van der Waals surface area contributed by atoms with E-state index in [-0.39, 0.29) is 12.2 Å². The molecule has 1 saturated heterocycles. The number of amides is 1. The Bertz CT molecular complexity index is 295. The van der Waals surface area contributed by atoms with E-state index in [9.17, 15) is 4.79 Å². The van der Waals surface area contributed by atoms with Crippen LogP contribution in [-0.4, -0.2) is 77.1 Å². The number of rotatable bonds is 7. The van der Waals surface area contributed by atoms with Crippen molar-refractivity contribution in [1.82, 2.24) is 4.90 Å². The Morgan fingerprint density at radius 3 is 2.50 bits per heavy atom. The molecule has 0 saturated carbocycles. The van der Waals surface area contributed by atoms with Crippen LogP contribution in [0.3, 0.4) is 0 Å². The van der Waals surface area contributed by atoms with Gasteiger partial charge in [-0.05, 0) is 6.92 Å². The first kappa shape index (κ1) is 17.2. The number of hydrogen-bond acceptors (Lipinski definition) is 6. The SMILES string of the molecule is CCOC(=O)N1CCC(OC)(OC)C(OCCOC)C1. The van der Waals surface area contributed by atoms with E-state index >= 15 is 0 Å². The van der Waals surface area contributed by atoms with Crippen molar-refractivity contribution in [2.75, 3.05) is 54.2 Å². The first-order valence-corrected chi connectivity index (χ1v) is 6.76. The number of hydrogen-bond donors (Lipinski definition) is 0. The molecule has 1 heterocycles. The third-order valence-corrected chi connectivity index (χ3v) is 3.43. The van der Waals surface area contributed by atoms with E-state index in [1.165, 1.54) is 0 Å². The van der Waals surface area contributed by atoms with Crippen LogP contribution >= 0.6 is 0 Å². The average Bonchev–Trinajstić information content (AvgIpc) is 2.48. The highest BCUT2D eigenvalue weighted by Gasteiger charge is 2.46. The highest BCUT2D eigenvalue weighted by atomic mass is 16.7. The van der Waals surface area contributed by atoms with Crippen molar-refractivity contribution in [2.24, 2.45) is 0 Å². The second-order valence-corrected chi connectivity index (χ2v) is 4.47. The van der Waals surface area contributed by atoms with Gasteiger partial charge in [0.2, 0.25) is 0 Å². The van der Waals surface area contributed by atoms with E-state index in [0.29, 0.717) is 39.3 Å². The molecule has 1 rings (SSSR count). The standard InChI is InChI=1S/C13H25NO6/c1-5-19-12(15)14-7-6-13(17-3,18-4)11(10-14)20-9-8-16-2/h11H,5-10H2,1-4H3. The molecule has 1 fully saturated rings. The fourth-order valence-corrected chi connectivity index (χ4v) is 2.27. The van der Waals surface area contributed by atoms with Crippen molar-refractivity contribution in [2.45, 2.75) is 25.2 Å². The van der Waals surface area contributed by atoms with Gasteiger partial charge in [-0.1, -0.05) is 0 Å². The van der Waals surface area contributed by atoms with Crippen molar-refractivity contribution in [3.05, 3.63) is 0 Å². The highest BCUT2D eigenvalue weighted by Crippen LogP contribution is 2.29. The molecule has 1 unspecified atom stereocenters. The van der Waals surface area contributed by atoms with Gasteiger partial charge in [-0.2, -0.15) is 0 Å². The van der Waals surface area contributed by atoms with Gasteiger partial charge in [-0.25, -0.2) is 4.79 Å². The molecule has 7 heteroatoms. The molecule has 0 radical (unpaired) electrons. The highest BCUT2D eigenvalue weighted by molar-refractivity contribution is 5.67. The molecule has 0 spiro atoms. The Morgan fingerprint density at radius 1 is 1.25 bits per heavy atom. The smallest absolute Gasteiger partial charge is 0.409 e. The lowest BCUT2D eigenvalue weighted by Crippen LogP contribution is -2.59. The number of methoxy groups -OCH3 is 3. The Hall–Kier alpha value is -0.890. The molecule has 1 amide bonds. The number of ether oxygens (including phenoxy) is 5. The monoisotopic (exact) mass is 291 g/mol. The van der Waals surface area contributed by atoms with Gasteiger partial charge in [-0.15, -0.1) is 0 Å². The minimum atomic E-state index is -0.837. The zero-order valence-electron chi connectivity index (χ0n) is 12.7. The molecule has 20 heavy (non-hydrogen) atoms. The molecule has 1 aliphatic rings. The summed E-state index contributed by atoms with van der Waals surface area (Å²) in [5.41, 5.74) is 0. The van der Waals surface area contributed by atoms with Gasteiger partial charge < -0.3 is 28.6 Å².